The molecular formula is C15H16FNO2S. The first-order chi connectivity index (χ1) is 9.56. The number of hydrogen-bond donors (Lipinski definition) is 2. The lowest BCUT2D eigenvalue weighted by Crippen LogP contribution is -2.09. The Morgan fingerprint density at radius 1 is 1.25 bits per heavy atom. The van der Waals surface area contributed by atoms with Crippen molar-refractivity contribution in [1.29, 1.82) is 0 Å². The second-order valence-electron chi connectivity index (χ2n) is 4.54. The molecule has 0 aliphatic carbocycles. The monoisotopic (exact) mass is 293 g/mol. The molecule has 2 atom stereocenters. The topological polar surface area (TPSA) is 49.3 Å². The van der Waals surface area contributed by atoms with Gasteiger partial charge in [0.2, 0.25) is 0 Å². The average molecular weight is 293 g/mol. The summed E-state index contributed by atoms with van der Waals surface area (Å²) in [6.45, 7) is 1.96. The van der Waals surface area contributed by atoms with Gasteiger partial charge in [-0.05, 0) is 30.2 Å². The van der Waals surface area contributed by atoms with Gasteiger partial charge in [0.1, 0.15) is 5.82 Å². The third-order valence-corrected chi connectivity index (χ3v) is 3.58. The molecule has 0 bridgehead atoms. The lowest BCUT2D eigenvalue weighted by atomic mass is 10.1. The first kappa shape index (κ1) is 14.7. The Morgan fingerprint density at radius 2 is 1.95 bits per heavy atom. The van der Waals surface area contributed by atoms with E-state index in [0.29, 0.717) is 11.3 Å². The van der Waals surface area contributed by atoms with Crippen LogP contribution in [-0.2, 0) is 16.8 Å². The summed E-state index contributed by atoms with van der Waals surface area (Å²) < 4.78 is 33.3. The molecule has 2 N–H and O–H groups in total. The van der Waals surface area contributed by atoms with E-state index in [2.05, 4.69) is 5.32 Å². The summed E-state index contributed by atoms with van der Waals surface area (Å²) >= 11 is -1.96. The van der Waals surface area contributed by atoms with Crippen LogP contribution in [0.3, 0.4) is 0 Å². The van der Waals surface area contributed by atoms with E-state index < -0.39 is 11.1 Å². The van der Waals surface area contributed by atoms with Crippen molar-refractivity contribution in [2.24, 2.45) is 0 Å². The largest absolute Gasteiger partial charge is 0.378 e. The van der Waals surface area contributed by atoms with Crippen LogP contribution in [0.2, 0.25) is 0 Å². The summed E-state index contributed by atoms with van der Waals surface area (Å²) in [5.41, 5.74) is 2.23. The summed E-state index contributed by atoms with van der Waals surface area (Å²) in [4.78, 5) is 0. The molecule has 2 aromatic carbocycles. The highest BCUT2D eigenvalue weighted by molar-refractivity contribution is 7.78. The number of halogens is 1. The van der Waals surface area contributed by atoms with Gasteiger partial charge in [-0.1, -0.05) is 36.4 Å². The van der Waals surface area contributed by atoms with Crippen molar-refractivity contribution in [2.45, 2.75) is 18.7 Å². The van der Waals surface area contributed by atoms with E-state index in [1.807, 2.05) is 37.3 Å². The van der Waals surface area contributed by atoms with Gasteiger partial charge >= 0.3 is 0 Å². The Morgan fingerprint density at radius 3 is 2.60 bits per heavy atom. The minimum atomic E-state index is -1.96. The zero-order valence-corrected chi connectivity index (χ0v) is 11.9. The molecule has 2 unspecified atom stereocenters. The van der Waals surface area contributed by atoms with Crippen molar-refractivity contribution in [2.75, 3.05) is 5.32 Å². The third-order valence-electron chi connectivity index (χ3n) is 3.02. The molecule has 0 amide bonds. The second kappa shape index (κ2) is 6.63. The molecule has 3 nitrogen and oxygen atoms in total. The molecular weight excluding hydrogens is 277 g/mol. The zero-order valence-electron chi connectivity index (χ0n) is 11.0. The fraction of sp³-hybridized carbons (Fsp3) is 0.200. The first-order valence-electron chi connectivity index (χ1n) is 6.23. The number of hydrogen-bond acceptors (Lipinski definition) is 2. The maximum Gasteiger partial charge on any atom is 0.157 e. The summed E-state index contributed by atoms with van der Waals surface area (Å²) in [6.07, 6.45) is 0. The van der Waals surface area contributed by atoms with E-state index in [4.69, 9.17) is 4.55 Å². The summed E-state index contributed by atoms with van der Waals surface area (Å²) in [6, 6.07) is 13.9. The van der Waals surface area contributed by atoms with Crippen molar-refractivity contribution in [3.63, 3.8) is 0 Å². The molecule has 106 valence electrons. The van der Waals surface area contributed by atoms with Crippen molar-refractivity contribution in [1.82, 2.24) is 0 Å². The maximum atomic E-state index is 13.4. The Kier molecular flexibility index (Phi) is 4.87. The van der Waals surface area contributed by atoms with Gasteiger partial charge in [0.05, 0.1) is 5.75 Å². The molecule has 2 rings (SSSR count). The van der Waals surface area contributed by atoms with E-state index in [-0.39, 0.29) is 17.6 Å². The van der Waals surface area contributed by atoms with E-state index in [1.165, 1.54) is 18.2 Å². The van der Waals surface area contributed by atoms with Crippen molar-refractivity contribution in [3.05, 3.63) is 65.5 Å². The van der Waals surface area contributed by atoms with Gasteiger partial charge in [0.15, 0.2) is 11.1 Å². The smallest absolute Gasteiger partial charge is 0.157 e. The van der Waals surface area contributed by atoms with Crippen LogP contribution in [0.5, 0.6) is 0 Å². The van der Waals surface area contributed by atoms with Crippen LogP contribution in [0.15, 0.2) is 48.5 Å². The highest BCUT2D eigenvalue weighted by atomic mass is 32.2. The molecule has 20 heavy (non-hydrogen) atoms. The van der Waals surface area contributed by atoms with Crippen LogP contribution in [0, 0.1) is 5.82 Å². The standard InChI is InChI=1S/C15H16FNO2S/c1-11(12-5-3-2-4-6-12)17-15-9-14(16)8-7-13(15)10-20(18)19/h2-9,11,17H,10H2,1H3,(H,18,19). The van der Waals surface area contributed by atoms with Crippen LogP contribution in [0.4, 0.5) is 10.1 Å². The highest BCUT2D eigenvalue weighted by Gasteiger charge is 2.11. The zero-order chi connectivity index (χ0) is 14.5. The van der Waals surface area contributed by atoms with Gasteiger partial charge in [-0.2, -0.15) is 0 Å². The molecule has 0 spiro atoms. The fourth-order valence-corrected chi connectivity index (χ4v) is 2.52. The van der Waals surface area contributed by atoms with Crippen LogP contribution in [0.25, 0.3) is 0 Å². The first-order valence-corrected chi connectivity index (χ1v) is 7.51. The Hall–Kier alpha value is -1.72. The predicted octanol–water partition coefficient (Wildman–Crippen LogP) is 3.72. The molecule has 0 fully saturated rings. The van der Waals surface area contributed by atoms with Gasteiger partial charge < -0.3 is 9.87 Å². The maximum absolute atomic E-state index is 13.4. The summed E-state index contributed by atoms with van der Waals surface area (Å²) in [5, 5.41) is 3.19. The van der Waals surface area contributed by atoms with Crippen LogP contribution in [0.1, 0.15) is 24.1 Å². The van der Waals surface area contributed by atoms with Gasteiger partial charge in [-0.3, -0.25) is 0 Å². The number of benzene rings is 2. The van der Waals surface area contributed by atoms with Crippen LogP contribution >= 0.6 is 0 Å². The van der Waals surface area contributed by atoms with E-state index in [9.17, 15) is 8.60 Å². The van der Waals surface area contributed by atoms with Gasteiger partial charge in [-0.25, -0.2) is 8.60 Å². The van der Waals surface area contributed by atoms with Gasteiger partial charge in [-0.15, -0.1) is 0 Å². The molecule has 2 aromatic rings. The predicted molar refractivity (Wildman–Crippen MR) is 79.4 cm³/mol. The highest BCUT2D eigenvalue weighted by Crippen LogP contribution is 2.24. The van der Waals surface area contributed by atoms with E-state index in [1.54, 1.807) is 0 Å². The number of anilines is 1. The van der Waals surface area contributed by atoms with Crippen molar-refractivity contribution >= 4 is 16.8 Å². The van der Waals surface area contributed by atoms with E-state index >= 15 is 0 Å². The molecule has 5 heteroatoms. The molecule has 0 aromatic heterocycles. The quantitative estimate of drug-likeness (QED) is 0.826. The fourth-order valence-electron chi connectivity index (χ4n) is 2.00. The minimum Gasteiger partial charge on any atom is -0.378 e. The van der Waals surface area contributed by atoms with Crippen molar-refractivity contribution in [3.8, 4) is 0 Å². The second-order valence-corrected chi connectivity index (χ2v) is 5.48. The SMILES string of the molecule is CC(Nc1cc(F)ccc1CS(=O)O)c1ccccc1. The van der Waals surface area contributed by atoms with Gasteiger partial charge in [0.25, 0.3) is 0 Å². The van der Waals surface area contributed by atoms with Crippen LogP contribution < -0.4 is 5.32 Å². The molecule has 0 aliphatic heterocycles. The summed E-state index contributed by atoms with van der Waals surface area (Å²) in [5.74, 6) is -0.398. The van der Waals surface area contributed by atoms with Crippen LogP contribution in [-0.4, -0.2) is 8.76 Å². The van der Waals surface area contributed by atoms with E-state index in [0.717, 1.165) is 5.56 Å². The molecule has 0 heterocycles. The Labute approximate surface area is 120 Å². The normalized spacial score (nSPS) is 13.8. The molecule has 0 saturated heterocycles. The number of nitrogens with one attached hydrogen (secondary N) is 1. The third kappa shape index (κ3) is 3.88. The Bertz CT molecular complexity index is 604. The van der Waals surface area contributed by atoms with Crippen molar-refractivity contribution < 1.29 is 13.2 Å². The van der Waals surface area contributed by atoms with Gasteiger partial charge in [0, 0.05) is 11.7 Å². The molecule has 0 saturated carbocycles. The molecule has 0 aliphatic rings. The molecule has 0 radical (unpaired) electrons. The number of rotatable bonds is 5. The average Bonchev–Trinajstić information content (AvgIpc) is 2.42. The Balaban J connectivity index is 2.23. The minimum absolute atomic E-state index is 0.0237. The summed E-state index contributed by atoms with van der Waals surface area (Å²) in [7, 11) is 0. The lowest BCUT2D eigenvalue weighted by Gasteiger charge is -2.18. The lowest BCUT2D eigenvalue weighted by molar-refractivity contribution is 0.563.